The van der Waals surface area contributed by atoms with Gasteiger partial charge in [-0.25, -0.2) is 15.0 Å². The molecule has 0 saturated carbocycles. The molecule has 0 saturated heterocycles. The molecule has 0 aromatic carbocycles. The molecule has 2 aromatic heterocycles. The van der Waals surface area contributed by atoms with Crippen molar-refractivity contribution >= 4 is 46.5 Å². The van der Waals surface area contributed by atoms with Crippen molar-refractivity contribution in [2.24, 2.45) is 5.73 Å². The minimum Gasteiger partial charge on any atom is -0.471 e. The summed E-state index contributed by atoms with van der Waals surface area (Å²) >= 11 is 13.2. The first-order valence-corrected chi connectivity index (χ1v) is 7.45. The van der Waals surface area contributed by atoms with Crippen LogP contribution in [0.3, 0.4) is 0 Å². The van der Waals surface area contributed by atoms with Gasteiger partial charge in [0.05, 0.1) is 11.9 Å². The smallest absolute Gasteiger partial charge is 0.201 e. The first-order chi connectivity index (χ1) is 9.63. The molecule has 0 atom stereocenters. The molecule has 0 radical (unpaired) electrons. The molecule has 0 amide bonds. The summed E-state index contributed by atoms with van der Waals surface area (Å²) in [5.74, 6) is 0.714. The molecule has 0 bridgehead atoms. The molecule has 3 N–H and O–H groups in total. The highest BCUT2D eigenvalue weighted by Crippen LogP contribution is 2.33. The van der Waals surface area contributed by atoms with Gasteiger partial charge in [-0.05, 0) is 18.4 Å². The summed E-state index contributed by atoms with van der Waals surface area (Å²) in [5, 5.41) is 4.16. The Morgan fingerprint density at radius 2 is 2.15 bits per heavy atom. The van der Waals surface area contributed by atoms with Crippen LogP contribution in [0.15, 0.2) is 23.5 Å². The number of hydrogen-bond acceptors (Lipinski definition) is 7. The van der Waals surface area contributed by atoms with E-state index in [0.29, 0.717) is 27.6 Å². The van der Waals surface area contributed by atoms with Crippen molar-refractivity contribution in [1.82, 2.24) is 15.0 Å². The Morgan fingerprint density at radius 3 is 2.75 bits per heavy atom. The molecule has 0 aliphatic carbocycles. The molecule has 0 fully saturated rings. The van der Waals surface area contributed by atoms with Gasteiger partial charge in [-0.2, -0.15) is 0 Å². The van der Waals surface area contributed by atoms with Crippen molar-refractivity contribution in [2.75, 3.05) is 18.3 Å². The Hall–Kier alpha value is -1.28. The molecule has 0 unspecified atom stereocenters. The molecule has 20 heavy (non-hydrogen) atoms. The summed E-state index contributed by atoms with van der Waals surface area (Å²) in [6.45, 7) is -0.0325. The summed E-state index contributed by atoms with van der Waals surface area (Å²) in [7, 11) is 0. The van der Waals surface area contributed by atoms with Gasteiger partial charge in [0.25, 0.3) is 0 Å². The van der Waals surface area contributed by atoms with E-state index in [1.54, 1.807) is 18.3 Å². The van der Waals surface area contributed by atoms with Crippen LogP contribution in [0, 0.1) is 0 Å². The van der Waals surface area contributed by atoms with Gasteiger partial charge in [-0.1, -0.05) is 35.0 Å². The molecule has 0 aliphatic heterocycles. The standard InChI is InChI=1S/C11H11Cl2N5OS/c1-20-11-17-9(13)8(19-5-14)10(18-11)16-6-2-3-7(12)15-4-6/h2-4H,5,14H2,1H3,(H,16,17,18). The van der Waals surface area contributed by atoms with E-state index in [2.05, 4.69) is 20.3 Å². The number of rotatable bonds is 5. The predicted molar refractivity (Wildman–Crippen MR) is 81.0 cm³/mol. The number of hydrogen-bond donors (Lipinski definition) is 2. The van der Waals surface area contributed by atoms with Crippen LogP contribution < -0.4 is 15.8 Å². The van der Waals surface area contributed by atoms with Crippen molar-refractivity contribution in [2.45, 2.75) is 5.16 Å². The van der Waals surface area contributed by atoms with Crippen LogP contribution in [0.2, 0.25) is 10.3 Å². The maximum Gasteiger partial charge on any atom is 0.201 e. The molecule has 106 valence electrons. The predicted octanol–water partition coefficient (Wildman–Crippen LogP) is 2.94. The van der Waals surface area contributed by atoms with Gasteiger partial charge in [0.2, 0.25) is 5.75 Å². The summed E-state index contributed by atoms with van der Waals surface area (Å²) in [5.41, 5.74) is 6.08. The second-order valence-electron chi connectivity index (χ2n) is 3.48. The largest absolute Gasteiger partial charge is 0.471 e. The van der Waals surface area contributed by atoms with Crippen molar-refractivity contribution in [1.29, 1.82) is 0 Å². The molecule has 2 heterocycles. The zero-order valence-electron chi connectivity index (χ0n) is 10.4. The van der Waals surface area contributed by atoms with Crippen LogP contribution in [0.4, 0.5) is 11.5 Å². The average molecular weight is 332 g/mol. The fraction of sp³-hybridized carbons (Fsp3) is 0.182. The molecule has 0 aliphatic rings. The number of nitrogens with zero attached hydrogens (tertiary/aromatic N) is 3. The zero-order chi connectivity index (χ0) is 14.5. The summed E-state index contributed by atoms with van der Waals surface area (Å²) < 4.78 is 5.27. The Kier molecular flexibility index (Phi) is 5.24. The van der Waals surface area contributed by atoms with Crippen molar-refractivity contribution in [3.05, 3.63) is 28.6 Å². The SMILES string of the molecule is CSc1nc(Cl)c(OCN)c(Nc2ccc(Cl)nc2)n1. The van der Waals surface area contributed by atoms with Crippen molar-refractivity contribution < 1.29 is 4.74 Å². The number of nitrogens with two attached hydrogens (primary N) is 1. The molecular formula is C11H11Cl2N5OS. The van der Waals surface area contributed by atoms with E-state index in [1.165, 1.54) is 11.8 Å². The number of ether oxygens (including phenoxy) is 1. The second-order valence-corrected chi connectivity index (χ2v) is 5.00. The summed E-state index contributed by atoms with van der Waals surface area (Å²) in [6.07, 6.45) is 3.42. The van der Waals surface area contributed by atoms with Crippen molar-refractivity contribution in [3.8, 4) is 5.75 Å². The molecule has 9 heteroatoms. The number of halogens is 2. The minimum atomic E-state index is -0.0325. The van der Waals surface area contributed by atoms with Gasteiger partial charge in [-0.15, -0.1) is 0 Å². The van der Waals surface area contributed by atoms with Crippen LogP contribution in [0.1, 0.15) is 0 Å². The van der Waals surface area contributed by atoms with Crippen LogP contribution in [-0.2, 0) is 0 Å². The molecule has 6 nitrogen and oxygen atoms in total. The van der Waals surface area contributed by atoms with Gasteiger partial charge in [0.1, 0.15) is 11.9 Å². The highest BCUT2D eigenvalue weighted by Gasteiger charge is 2.14. The quantitative estimate of drug-likeness (QED) is 0.286. The lowest BCUT2D eigenvalue weighted by Gasteiger charge is -2.13. The van der Waals surface area contributed by atoms with E-state index >= 15 is 0 Å². The third-order valence-electron chi connectivity index (χ3n) is 2.20. The topological polar surface area (TPSA) is 86.0 Å². The second kappa shape index (κ2) is 6.94. The first-order valence-electron chi connectivity index (χ1n) is 5.47. The van der Waals surface area contributed by atoms with Gasteiger partial charge in [-0.3, -0.25) is 5.73 Å². The Bertz CT molecular complexity index is 596. The highest BCUT2D eigenvalue weighted by molar-refractivity contribution is 7.98. The van der Waals surface area contributed by atoms with E-state index in [9.17, 15) is 0 Å². The molecular weight excluding hydrogens is 321 g/mol. The number of thioether (sulfide) groups is 1. The van der Waals surface area contributed by atoms with Crippen molar-refractivity contribution in [3.63, 3.8) is 0 Å². The fourth-order valence-electron chi connectivity index (χ4n) is 1.38. The number of nitrogens with one attached hydrogen (secondary N) is 1. The fourth-order valence-corrected chi connectivity index (χ4v) is 2.13. The highest BCUT2D eigenvalue weighted by atomic mass is 35.5. The van der Waals surface area contributed by atoms with E-state index in [-0.39, 0.29) is 11.9 Å². The maximum absolute atomic E-state index is 6.06. The lowest BCUT2D eigenvalue weighted by Crippen LogP contribution is -2.11. The number of anilines is 2. The van der Waals surface area contributed by atoms with Crippen LogP contribution in [0.5, 0.6) is 5.75 Å². The lowest BCUT2D eigenvalue weighted by atomic mass is 10.4. The maximum atomic E-state index is 6.06. The van der Waals surface area contributed by atoms with Crippen LogP contribution in [-0.4, -0.2) is 27.9 Å². The Morgan fingerprint density at radius 1 is 1.35 bits per heavy atom. The lowest BCUT2D eigenvalue weighted by molar-refractivity contribution is 0.328. The van der Waals surface area contributed by atoms with E-state index in [4.69, 9.17) is 33.7 Å². The molecule has 2 rings (SSSR count). The van der Waals surface area contributed by atoms with Crippen LogP contribution in [0.25, 0.3) is 0 Å². The molecule has 2 aromatic rings. The average Bonchev–Trinajstić information content (AvgIpc) is 2.44. The van der Waals surface area contributed by atoms with Gasteiger partial charge < -0.3 is 10.1 Å². The van der Waals surface area contributed by atoms with E-state index in [0.717, 1.165) is 0 Å². The molecule has 0 spiro atoms. The third-order valence-corrected chi connectivity index (χ3v) is 3.23. The number of pyridine rings is 1. The normalized spacial score (nSPS) is 10.4. The van der Waals surface area contributed by atoms with E-state index < -0.39 is 0 Å². The van der Waals surface area contributed by atoms with Gasteiger partial charge >= 0.3 is 0 Å². The number of aromatic nitrogens is 3. The zero-order valence-corrected chi connectivity index (χ0v) is 12.8. The summed E-state index contributed by atoms with van der Waals surface area (Å²) in [6, 6.07) is 3.42. The third kappa shape index (κ3) is 3.63. The first kappa shape index (κ1) is 15.1. The van der Waals surface area contributed by atoms with Gasteiger partial charge in [0.15, 0.2) is 16.1 Å². The van der Waals surface area contributed by atoms with E-state index in [1.807, 2.05) is 6.26 Å². The minimum absolute atomic E-state index is 0.0325. The van der Waals surface area contributed by atoms with Gasteiger partial charge in [0, 0.05) is 0 Å². The monoisotopic (exact) mass is 331 g/mol. The summed E-state index contributed by atoms with van der Waals surface area (Å²) in [4.78, 5) is 12.4. The Balaban J connectivity index is 2.37. The Labute approximate surface area is 130 Å². The van der Waals surface area contributed by atoms with Crippen LogP contribution >= 0.6 is 35.0 Å².